The number of ether oxygens (including phenoxy) is 3. The molecule has 1 aliphatic carbocycles. The number of benzene rings is 3. The first-order valence-electron chi connectivity index (χ1n) is 37.4. The van der Waals surface area contributed by atoms with Gasteiger partial charge >= 0.3 is 5.69 Å². The van der Waals surface area contributed by atoms with Gasteiger partial charge in [-0.25, -0.2) is 9.78 Å². The highest BCUT2D eigenvalue weighted by molar-refractivity contribution is 5.92. The highest BCUT2D eigenvalue weighted by Gasteiger charge is 2.27. The number of phenols is 1. The van der Waals surface area contributed by atoms with E-state index in [0.717, 1.165) is 56.3 Å². The molecule has 1 unspecified atom stereocenters. The van der Waals surface area contributed by atoms with Crippen LogP contribution in [-0.2, 0) is 85.0 Å². The molecule has 5 aromatic rings. The summed E-state index contributed by atoms with van der Waals surface area (Å²) in [4.78, 5) is 149. The molecule has 582 valence electrons. The fraction of sp³-hybridized carbons (Fsp3) is 0.573. The third-order valence-corrected chi connectivity index (χ3v) is 18.1. The van der Waals surface area contributed by atoms with E-state index in [1.54, 1.807) is 30.3 Å². The number of hydrogen-bond acceptors (Lipinski definition) is 19. The molecule has 0 bridgehead atoms. The highest BCUT2D eigenvalue weighted by Crippen LogP contribution is 2.31. The highest BCUT2D eigenvalue weighted by atomic mass is 16.5. The number of aromatic nitrogens is 4. The van der Waals surface area contributed by atoms with Gasteiger partial charge in [-0.3, -0.25) is 62.0 Å². The maximum absolute atomic E-state index is 13.1. The van der Waals surface area contributed by atoms with Gasteiger partial charge in [-0.2, -0.15) is 0 Å². The van der Waals surface area contributed by atoms with Gasteiger partial charge < -0.3 is 84.0 Å². The number of carbonyl (C=O) groups excluding carboxylic acids is 9. The molecular formula is C75H112N16O15. The van der Waals surface area contributed by atoms with Crippen molar-refractivity contribution in [1.82, 2.24) is 61.2 Å². The van der Waals surface area contributed by atoms with Crippen LogP contribution in [0.15, 0.2) is 76.3 Å². The summed E-state index contributed by atoms with van der Waals surface area (Å²) in [5, 5.41) is 32.2. The van der Waals surface area contributed by atoms with Gasteiger partial charge in [-0.15, -0.1) is 0 Å². The van der Waals surface area contributed by atoms with Crippen molar-refractivity contribution in [2.75, 3.05) is 84.2 Å². The quantitative estimate of drug-likeness (QED) is 0.0249. The van der Waals surface area contributed by atoms with Gasteiger partial charge in [0.2, 0.25) is 47.3 Å². The van der Waals surface area contributed by atoms with Crippen molar-refractivity contribution in [2.24, 2.45) is 17.2 Å². The first-order chi connectivity index (χ1) is 51.1. The fourth-order valence-corrected chi connectivity index (χ4v) is 12.4. The monoisotopic (exact) mass is 1480 g/mol. The number of fused-ring (bicyclic) bond motifs is 2. The molecule has 16 N–H and O–H groups in total. The molecule has 0 saturated heterocycles. The summed E-state index contributed by atoms with van der Waals surface area (Å²) < 4.78 is 19.5. The van der Waals surface area contributed by atoms with Crippen LogP contribution in [0.25, 0.3) is 22.6 Å². The summed E-state index contributed by atoms with van der Waals surface area (Å²) in [5.41, 5.74) is 22.3. The number of rotatable bonds is 51. The lowest BCUT2D eigenvalue weighted by molar-refractivity contribution is -0.129. The Balaban J connectivity index is 0.711. The zero-order valence-electron chi connectivity index (χ0n) is 62.0. The summed E-state index contributed by atoms with van der Waals surface area (Å²) in [6.07, 6.45) is 9.91. The van der Waals surface area contributed by atoms with E-state index < -0.39 is 53.4 Å². The summed E-state index contributed by atoms with van der Waals surface area (Å²) in [6, 6.07) is 17.4. The topological polar surface area (TPSA) is 452 Å². The van der Waals surface area contributed by atoms with Crippen molar-refractivity contribution < 1.29 is 62.5 Å². The number of amides is 9. The minimum Gasteiger partial charge on any atom is -0.508 e. The van der Waals surface area contributed by atoms with Crippen molar-refractivity contribution in [3.8, 4) is 22.9 Å². The summed E-state index contributed by atoms with van der Waals surface area (Å²) in [6.45, 7) is 11.7. The number of aryl methyl sites for hydroxylation is 1. The second-order valence-corrected chi connectivity index (χ2v) is 26.6. The van der Waals surface area contributed by atoms with Gasteiger partial charge in [-0.1, -0.05) is 45.0 Å². The zero-order valence-corrected chi connectivity index (χ0v) is 62.0. The molecule has 3 aromatic carbocycles. The average molecular weight is 1480 g/mol. The van der Waals surface area contributed by atoms with Gasteiger partial charge in [0.05, 0.1) is 38.5 Å². The number of hydrogen-bond donors (Lipinski definition) is 13. The van der Waals surface area contributed by atoms with Crippen LogP contribution in [0, 0.1) is 0 Å². The molecule has 9 amide bonds. The number of carbonyl (C=O) groups is 9. The number of nitrogens with one attached hydrogen (secondary N) is 9. The lowest BCUT2D eigenvalue weighted by Crippen LogP contribution is -2.47. The smallest absolute Gasteiger partial charge is 0.332 e. The second kappa shape index (κ2) is 46.4. The Kier molecular flexibility index (Phi) is 37.4. The Morgan fingerprint density at radius 1 is 0.632 bits per heavy atom. The molecule has 2 aromatic heterocycles. The molecule has 2 heterocycles. The third kappa shape index (κ3) is 29.4. The van der Waals surface area contributed by atoms with Crippen LogP contribution in [0.3, 0.4) is 0 Å². The number of phenolic OH excluding ortho intramolecular Hbond substituents is 1. The molecule has 31 heteroatoms. The minimum atomic E-state index is -0.978. The minimum absolute atomic E-state index is 0.0421. The van der Waals surface area contributed by atoms with E-state index in [-0.39, 0.29) is 126 Å². The van der Waals surface area contributed by atoms with Gasteiger partial charge in [-0.05, 0) is 175 Å². The summed E-state index contributed by atoms with van der Waals surface area (Å²) >= 11 is 0. The van der Waals surface area contributed by atoms with Gasteiger partial charge in [0.1, 0.15) is 34.9 Å². The maximum atomic E-state index is 13.1. The molecule has 0 spiro atoms. The Labute approximate surface area is 619 Å². The number of anilines is 1. The normalized spacial score (nSPS) is 13.7. The van der Waals surface area contributed by atoms with Crippen molar-refractivity contribution >= 4 is 70.0 Å². The SMILES string of the molecule is CCCN(CCc1ccc(NC(=O)CC[C@H](N)C(=O)NCCCC[C@H](NC(=O)CCC(=O)NCCOCCOCCNC(=O)[C@H](CCCCNC(=O)[C@@H](N)CCCCNC(=O)COc2ccc(-c3nc4c([nH]3)c(=O)n(CCC)c(=O)n4CCC)cc2)NC(C)=O)C(N)=O)cc1)C1CCc2c(O)cccc2C1. The van der Waals surface area contributed by atoms with E-state index in [1.165, 1.54) is 21.6 Å². The van der Waals surface area contributed by atoms with Crippen molar-refractivity contribution in [1.29, 1.82) is 0 Å². The zero-order chi connectivity index (χ0) is 76.8. The lowest BCUT2D eigenvalue weighted by atomic mass is 9.86. The number of H-pyrrole nitrogens is 1. The predicted molar refractivity (Wildman–Crippen MR) is 402 cm³/mol. The molecule has 0 aliphatic heterocycles. The van der Waals surface area contributed by atoms with E-state index in [2.05, 4.69) is 70.4 Å². The first-order valence-corrected chi connectivity index (χ1v) is 37.4. The van der Waals surface area contributed by atoms with Crippen LogP contribution in [-0.4, -0.2) is 191 Å². The van der Waals surface area contributed by atoms with E-state index in [9.17, 15) is 57.8 Å². The number of aromatic amines is 1. The Morgan fingerprint density at radius 3 is 1.89 bits per heavy atom. The molecule has 31 nitrogen and oxygen atoms in total. The lowest BCUT2D eigenvalue weighted by Gasteiger charge is -2.35. The Morgan fingerprint density at radius 2 is 1.24 bits per heavy atom. The average Bonchev–Trinajstić information content (AvgIpc) is 1.59. The number of nitrogens with zero attached hydrogens (tertiary/aromatic N) is 4. The molecule has 0 fully saturated rings. The molecule has 106 heavy (non-hydrogen) atoms. The van der Waals surface area contributed by atoms with Crippen LogP contribution in [0.2, 0.25) is 0 Å². The van der Waals surface area contributed by atoms with Crippen molar-refractivity contribution in [3.63, 3.8) is 0 Å². The Bertz CT molecular complexity index is 3770. The van der Waals surface area contributed by atoms with Crippen LogP contribution in [0.4, 0.5) is 5.69 Å². The molecule has 5 atom stereocenters. The second-order valence-electron chi connectivity index (χ2n) is 26.6. The summed E-state index contributed by atoms with van der Waals surface area (Å²) in [7, 11) is 0. The standard InChI is InChI=1S/C75H112N16O15/c1-5-40-89(55-26-29-57-53(48-55)15-14-19-62(57)93)43-34-51-20-24-54(25-21-51)85-64(95)31-30-59(77)72(100)82-36-12-9-17-60(68(78)98)86-65(96)33-32-63(94)80-38-44-104-46-47-105-45-39-83-73(101)61(84-50(4)92)18-10-13-37-81-71(99)58(76)16-8-11-35-79-66(97)49-106-56-27-22-52(23-28-56)69-87-67-70(88-69)90(41-6-2)75(103)91(42-7-3)74(67)102/h14-15,19-25,27-28,55,58-61,93H,5-13,16-18,26,29-49,76-77H2,1-4H3,(H2,78,98)(H,79,97)(H,80,94)(H,81,99)(H,82,100)(H,83,101)(H,84,92)(H,85,95)(H,86,96)(H,87,88)/t55?,58-,59-,60-,61-/m0/s1. The molecule has 0 saturated carbocycles. The van der Waals surface area contributed by atoms with Gasteiger partial charge in [0, 0.05) is 95.8 Å². The summed E-state index contributed by atoms with van der Waals surface area (Å²) in [5.74, 6) is -2.50. The fourth-order valence-electron chi connectivity index (χ4n) is 12.4. The largest absolute Gasteiger partial charge is 0.508 e. The third-order valence-electron chi connectivity index (χ3n) is 18.1. The van der Waals surface area contributed by atoms with Crippen LogP contribution < -0.4 is 75.7 Å². The number of primary amides is 1. The van der Waals surface area contributed by atoms with E-state index in [0.29, 0.717) is 131 Å². The molecule has 0 radical (unpaired) electrons. The van der Waals surface area contributed by atoms with Crippen LogP contribution in [0.1, 0.15) is 154 Å². The first kappa shape index (κ1) is 85.4. The van der Waals surface area contributed by atoms with E-state index in [4.69, 9.17) is 31.4 Å². The number of unbranched alkanes of at least 4 members (excludes halogenated alkanes) is 3. The predicted octanol–water partition coefficient (Wildman–Crippen LogP) is 2.72. The molecule has 6 rings (SSSR count). The Hall–Kier alpha value is -9.56. The van der Waals surface area contributed by atoms with Crippen LogP contribution >= 0.6 is 0 Å². The number of aromatic hydroxyl groups is 1. The molecular weight excluding hydrogens is 1360 g/mol. The van der Waals surface area contributed by atoms with E-state index >= 15 is 0 Å². The molecule has 1 aliphatic rings. The number of nitrogens with two attached hydrogens (primary N) is 3. The van der Waals surface area contributed by atoms with Crippen molar-refractivity contribution in [2.45, 2.75) is 199 Å². The van der Waals surface area contributed by atoms with Gasteiger partial charge in [0.25, 0.3) is 11.5 Å². The van der Waals surface area contributed by atoms with Crippen molar-refractivity contribution in [3.05, 3.63) is 104 Å². The number of imidazole rings is 1. The van der Waals surface area contributed by atoms with Gasteiger partial charge in [0.15, 0.2) is 12.3 Å². The van der Waals surface area contributed by atoms with E-state index in [1.807, 2.05) is 44.2 Å². The van der Waals surface area contributed by atoms with Crippen LogP contribution in [0.5, 0.6) is 11.5 Å². The maximum Gasteiger partial charge on any atom is 0.332 e.